The van der Waals surface area contributed by atoms with Gasteiger partial charge in [-0.25, -0.2) is 0 Å². The van der Waals surface area contributed by atoms with Crippen LogP contribution in [0.2, 0.25) is 0 Å². The molecule has 0 radical (unpaired) electrons. The number of phenols is 2. The normalized spacial score (nSPS) is 18.7. The highest BCUT2D eigenvalue weighted by Crippen LogP contribution is 2.47. The summed E-state index contributed by atoms with van der Waals surface area (Å²) >= 11 is 0. The monoisotopic (exact) mass is 348 g/mol. The Balaban J connectivity index is 1.82. The van der Waals surface area contributed by atoms with E-state index in [4.69, 9.17) is 9.47 Å². The van der Waals surface area contributed by atoms with Crippen LogP contribution in [-0.4, -0.2) is 23.9 Å². The van der Waals surface area contributed by atoms with Gasteiger partial charge in [0.1, 0.15) is 23.0 Å². The number of ether oxygens (including phenoxy) is 2. The third kappa shape index (κ3) is 2.94. The van der Waals surface area contributed by atoms with Crippen molar-refractivity contribution in [3.63, 3.8) is 0 Å². The first kappa shape index (κ1) is 16.3. The van der Waals surface area contributed by atoms with E-state index >= 15 is 0 Å². The molecule has 1 heterocycles. The Bertz CT molecular complexity index is 900. The number of benzene rings is 3. The van der Waals surface area contributed by atoms with Crippen molar-refractivity contribution >= 4 is 0 Å². The first-order valence-corrected chi connectivity index (χ1v) is 8.54. The summed E-state index contributed by atoms with van der Waals surface area (Å²) in [5.74, 6) is 2.14. The summed E-state index contributed by atoms with van der Waals surface area (Å²) in [4.78, 5) is 0. The highest BCUT2D eigenvalue weighted by molar-refractivity contribution is 5.51. The lowest BCUT2D eigenvalue weighted by molar-refractivity contribution is 0.247. The quantitative estimate of drug-likeness (QED) is 0.736. The predicted molar refractivity (Wildman–Crippen MR) is 99.3 cm³/mol. The summed E-state index contributed by atoms with van der Waals surface area (Å²) in [5.41, 5.74) is 3.29. The topological polar surface area (TPSA) is 58.9 Å². The Hall–Kier alpha value is -3.14. The van der Waals surface area contributed by atoms with Gasteiger partial charge >= 0.3 is 0 Å². The van der Waals surface area contributed by atoms with Gasteiger partial charge in [-0.1, -0.05) is 30.3 Å². The molecule has 4 nitrogen and oxygen atoms in total. The van der Waals surface area contributed by atoms with Gasteiger partial charge in [-0.2, -0.15) is 0 Å². The number of aromatic hydroxyl groups is 2. The van der Waals surface area contributed by atoms with Crippen LogP contribution in [0.25, 0.3) is 0 Å². The molecule has 3 aromatic carbocycles. The minimum atomic E-state index is 0.0785. The first-order valence-electron chi connectivity index (χ1n) is 8.54. The lowest BCUT2D eigenvalue weighted by atomic mass is 9.76. The highest BCUT2D eigenvalue weighted by atomic mass is 16.5. The second-order valence-corrected chi connectivity index (χ2v) is 6.48. The van der Waals surface area contributed by atoms with Crippen molar-refractivity contribution in [1.82, 2.24) is 0 Å². The molecule has 0 spiro atoms. The van der Waals surface area contributed by atoms with Crippen molar-refractivity contribution in [1.29, 1.82) is 0 Å². The maximum absolute atomic E-state index is 9.80. The fourth-order valence-electron chi connectivity index (χ4n) is 3.63. The minimum Gasteiger partial charge on any atom is -0.508 e. The van der Waals surface area contributed by atoms with Crippen molar-refractivity contribution < 1.29 is 19.7 Å². The van der Waals surface area contributed by atoms with E-state index in [-0.39, 0.29) is 23.3 Å². The largest absolute Gasteiger partial charge is 0.508 e. The molecule has 132 valence electrons. The van der Waals surface area contributed by atoms with E-state index in [0.29, 0.717) is 12.4 Å². The molecule has 1 aliphatic rings. The molecule has 1 aliphatic heterocycles. The number of methoxy groups -OCH3 is 1. The Labute approximate surface area is 152 Å². The van der Waals surface area contributed by atoms with Crippen molar-refractivity contribution in [3.05, 3.63) is 83.4 Å². The third-order valence-corrected chi connectivity index (χ3v) is 4.95. The summed E-state index contributed by atoms with van der Waals surface area (Å²) in [6, 6.07) is 20.6. The second kappa shape index (κ2) is 6.64. The van der Waals surface area contributed by atoms with Crippen molar-refractivity contribution in [2.75, 3.05) is 13.7 Å². The maximum Gasteiger partial charge on any atom is 0.126 e. The Morgan fingerprint density at radius 3 is 2.19 bits per heavy atom. The van der Waals surface area contributed by atoms with E-state index < -0.39 is 0 Å². The van der Waals surface area contributed by atoms with E-state index in [1.165, 1.54) is 0 Å². The summed E-state index contributed by atoms with van der Waals surface area (Å²) < 4.78 is 11.2. The third-order valence-electron chi connectivity index (χ3n) is 4.95. The van der Waals surface area contributed by atoms with Crippen LogP contribution in [0.3, 0.4) is 0 Å². The highest BCUT2D eigenvalue weighted by Gasteiger charge is 2.33. The zero-order chi connectivity index (χ0) is 18.1. The van der Waals surface area contributed by atoms with E-state index in [1.54, 1.807) is 31.4 Å². The van der Waals surface area contributed by atoms with Gasteiger partial charge < -0.3 is 19.7 Å². The molecule has 3 aromatic rings. The molecule has 0 saturated heterocycles. The second-order valence-electron chi connectivity index (χ2n) is 6.48. The molecule has 0 bridgehead atoms. The summed E-state index contributed by atoms with van der Waals surface area (Å²) in [5, 5.41) is 19.4. The fourth-order valence-corrected chi connectivity index (χ4v) is 3.63. The van der Waals surface area contributed by atoms with Crippen molar-refractivity contribution in [2.24, 2.45) is 0 Å². The summed E-state index contributed by atoms with van der Waals surface area (Å²) in [6.45, 7) is 0.498. The molecule has 1 unspecified atom stereocenters. The van der Waals surface area contributed by atoms with Gasteiger partial charge in [0.25, 0.3) is 0 Å². The minimum absolute atomic E-state index is 0.0785. The van der Waals surface area contributed by atoms with Crippen molar-refractivity contribution in [2.45, 2.75) is 11.8 Å². The maximum atomic E-state index is 9.80. The van der Waals surface area contributed by atoms with Crippen LogP contribution in [0.5, 0.6) is 23.0 Å². The molecule has 2 atom stereocenters. The van der Waals surface area contributed by atoms with Gasteiger partial charge in [-0.15, -0.1) is 0 Å². The van der Waals surface area contributed by atoms with Gasteiger partial charge in [0, 0.05) is 23.5 Å². The molecule has 4 rings (SSSR count). The molecule has 2 N–H and O–H groups in total. The van der Waals surface area contributed by atoms with E-state index in [1.807, 2.05) is 30.3 Å². The smallest absolute Gasteiger partial charge is 0.126 e. The van der Waals surface area contributed by atoms with E-state index in [0.717, 1.165) is 22.4 Å². The molecular formula is C22H20O4. The van der Waals surface area contributed by atoms with Crippen LogP contribution < -0.4 is 9.47 Å². The van der Waals surface area contributed by atoms with Gasteiger partial charge in [-0.05, 0) is 41.5 Å². The van der Waals surface area contributed by atoms with Gasteiger partial charge in [0.05, 0.1) is 13.7 Å². The summed E-state index contributed by atoms with van der Waals surface area (Å²) in [7, 11) is 1.65. The average molecular weight is 348 g/mol. The number of hydrogen-bond donors (Lipinski definition) is 2. The predicted octanol–water partition coefficient (Wildman–Crippen LogP) is 4.41. The zero-order valence-electron chi connectivity index (χ0n) is 14.4. The van der Waals surface area contributed by atoms with Crippen LogP contribution in [0.4, 0.5) is 0 Å². The lowest BCUT2D eigenvalue weighted by Gasteiger charge is -2.34. The standard InChI is InChI=1S/C22H20O4/c1-25-18-9-4-15(5-10-18)22-19-11-8-17(24)12-21(19)26-13-20(22)14-2-6-16(23)7-3-14/h2-12,20,22-24H,13H2,1H3/t20-,22?/m0/s1. The van der Waals surface area contributed by atoms with Crippen LogP contribution in [0.15, 0.2) is 66.7 Å². The van der Waals surface area contributed by atoms with E-state index in [2.05, 4.69) is 12.1 Å². The molecule has 4 heteroatoms. The molecule has 0 amide bonds. The van der Waals surface area contributed by atoms with Crippen LogP contribution in [0, 0.1) is 0 Å². The van der Waals surface area contributed by atoms with Gasteiger partial charge in [0.15, 0.2) is 0 Å². The fraction of sp³-hybridized carbons (Fsp3) is 0.182. The average Bonchev–Trinajstić information content (AvgIpc) is 2.68. The molecule has 0 aromatic heterocycles. The van der Waals surface area contributed by atoms with E-state index in [9.17, 15) is 10.2 Å². The number of hydrogen-bond acceptors (Lipinski definition) is 4. The van der Waals surface area contributed by atoms with Gasteiger partial charge in [-0.3, -0.25) is 0 Å². The molecule has 0 saturated carbocycles. The Morgan fingerprint density at radius 1 is 0.846 bits per heavy atom. The molecule has 0 aliphatic carbocycles. The Morgan fingerprint density at radius 2 is 1.50 bits per heavy atom. The Kier molecular flexibility index (Phi) is 4.17. The number of phenolic OH excluding ortho intramolecular Hbond substituents is 2. The van der Waals surface area contributed by atoms with Crippen molar-refractivity contribution in [3.8, 4) is 23.0 Å². The van der Waals surface area contributed by atoms with Gasteiger partial charge in [0.2, 0.25) is 0 Å². The zero-order valence-corrected chi connectivity index (χ0v) is 14.4. The lowest BCUT2D eigenvalue weighted by Crippen LogP contribution is -2.25. The van der Waals surface area contributed by atoms with Crippen LogP contribution in [-0.2, 0) is 0 Å². The first-order chi connectivity index (χ1) is 12.7. The van der Waals surface area contributed by atoms with Crippen LogP contribution in [0.1, 0.15) is 28.5 Å². The molecule has 0 fully saturated rings. The number of rotatable bonds is 3. The number of fused-ring (bicyclic) bond motifs is 1. The SMILES string of the molecule is COc1ccc(C2c3ccc(O)cc3OC[C@H]2c2ccc(O)cc2)cc1. The molecule has 26 heavy (non-hydrogen) atoms. The summed E-state index contributed by atoms with van der Waals surface area (Å²) in [6.07, 6.45) is 0. The van der Waals surface area contributed by atoms with Crippen LogP contribution >= 0.6 is 0 Å². The molecular weight excluding hydrogens is 328 g/mol.